The average molecular weight is 464 g/mol. The van der Waals surface area contributed by atoms with Crippen molar-refractivity contribution in [3.63, 3.8) is 0 Å². The summed E-state index contributed by atoms with van der Waals surface area (Å²) < 4.78 is 40.1. The van der Waals surface area contributed by atoms with E-state index in [0.717, 1.165) is 0 Å². The maximum absolute atomic E-state index is 13.3. The molecule has 4 atom stereocenters. The highest BCUT2D eigenvalue weighted by molar-refractivity contribution is 7.52. The van der Waals surface area contributed by atoms with Crippen molar-refractivity contribution >= 4 is 19.7 Å². The van der Waals surface area contributed by atoms with E-state index >= 15 is 0 Å². The van der Waals surface area contributed by atoms with Gasteiger partial charge in [-0.05, 0) is 37.6 Å². The quantitative estimate of drug-likeness (QED) is 0.414. The number of carbonyl (C=O) groups is 2. The Bertz CT molecular complexity index is 943. The van der Waals surface area contributed by atoms with E-state index in [-0.39, 0.29) is 6.61 Å². The van der Waals surface area contributed by atoms with Gasteiger partial charge in [-0.25, -0.2) is 9.36 Å². The molecule has 1 unspecified atom stereocenters. The topological polar surface area (TPSA) is 122 Å². The van der Waals surface area contributed by atoms with Gasteiger partial charge in [0.25, 0.3) is 0 Å². The first-order valence-electron chi connectivity index (χ1n) is 10.00. The second kappa shape index (κ2) is 11.2. The number of benzene rings is 1. The van der Waals surface area contributed by atoms with Crippen LogP contribution in [0.3, 0.4) is 0 Å². The van der Waals surface area contributed by atoms with Gasteiger partial charge in [0.1, 0.15) is 11.8 Å². The molecule has 0 saturated carbocycles. The number of hydrogen-bond donors (Lipinski definition) is 1. The van der Waals surface area contributed by atoms with E-state index in [2.05, 4.69) is 14.8 Å². The summed E-state index contributed by atoms with van der Waals surface area (Å²) in [5, 5.41) is 2.57. The van der Waals surface area contributed by atoms with E-state index in [4.69, 9.17) is 18.5 Å². The van der Waals surface area contributed by atoms with Gasteiger partial charge in [0.15, 0.2) is 0 Å². The lowest BCUT2D eigenvalue weighted by molar-refractivity contribution is -0.142. The zero-order valence-corrected chi connectivity index (χ0v) is 18.6. The number of rotatable bonds is 10. The minimum atomic E-state index is -3.96. The predicted molar refractivity (Wildman–Crippen MR) is 113 cm³/mol. The molecule has 10 nitrogen and oxygen atoms in total. The summed E-state index contributed by atoms with van der Waals surface area (Å²) in [4.78, 5) is 27.8. The van der Waals surface area contributed by atoms with Crippen LogP contribution in [0.1, 0.15) is 30.1 Å². The Morgan fingerprint density at radius 1 is 1.22 bits per heavy atom. The Hall–Kier alpha value is -2.78. The fourth-order valence-electron chi connectivity index (χ4n) is 2.91. The molecule has 0 amide bonds. The van der Waals surface area contributed by atoms with Gasteiger partial charge in [-0.3, -0.25) is 14.3 Å². The molecule has 0 spiro atoms. The molecule has 1 aromatic heterocycles. The molecule has 11 heteroatoms. The highest BCUT2D eigenvalue weighted by Crippen LogP contribution is 2.45. The SMILES string of the molecule is COC(=O)[C@@H](C)N[P@@](=O)(OC[C@@H]1CCC(OC(=O)c2cccnc2)O1)Oc1ccccc1. The number of para-hydroxylation sites is 1. The zero-order chi connectivity index (χ0) is 23.0. The molecule has 1 N–H and O–H groups in total. The number of nitrogens with zero attached hydrogens (tertiary/aromatic N) is 1. The Labute approximate surface area is 185 Å². The number of ether oxygens (including phenoxy) is 3. The van der Waals surface area contributed by atoms with Crippen molar-refractivity contribution in [3.8, 4) is 5.75 Å². The van der Waals surface area contributed by atoms with E-state index in [9.17, 15) is 14.2 Å². The first-order chi connectivity index (χ1) is 15.4. The highest BCUT2D eigenvalue weighted by atomic mass is 31.2. The summed E-state index contributed by atoms with van der Waals surface area (Å²) in [6, 6.07) is 10.7. The van der Waals surface area contributed by atoms with E-state index in [0.29, 0.717) is 24.2 Å². The van der Waals surface area contributed by atoms with E-state index in [1.807, 2.05) is 0 Å². The van der Waals surface area contributed by atoms with Gasteiger partial charge in [-0.15, -0.1) is 0 Å². The van der Waals surface area contributed by atoms with Gasteiger partial charge in [-0.2, -0.15) is 5.09 Å². The van der Waals surface area contributed by atoms with Crippen LogP contribution in [0.5, 0.6) is 5.75 Å². The fraction of sp³-hybridized carbons (Fsp3) is 0.381. The van der Waals surface area contributed by atoms with Crippen LogP contribution >= 0.6 is 7.75 Å². The largest absolute Gasteiger partial charge is 0.468 e. The monoisotopic (exact) mass is 464 g/mol. The normalized spacial score (nSPS) is 20.7. The number of nitrogens with one attached hydrogen (secondary N) is 1. The van der Waals surface area contributed by atoms with E-state index < -0.39 is 38.1 Å². The summed E-state index contributed by atoms with van der Waals surface area (Å²) in [6.07, 6.45) is 2.70. The van der Waals surface area contributed by atoms with Crippen molar-refractivity contribution in [2.45, 2.75) is 38.2 Å². The second-order valence-corrected chi connectivity index (χ2v) is 8.68. The first-order valence-corrected chi connectivity index (χ1v) is 11.5. The third-order valence-corrected chi connectivity index (χ3v) is 6.15. The Kier molecular flexibility index (Phi) is 8.35. The van der Waals surface area contributed by atoms with Crippen molar-refractivity contribution in [1.29, 1.82) is 0 Å². The Balaban J connectivity index is 1.57. The van der Waals surface area contributed by atoms with Crippen molar-refractivity contribution < 1.29 is 37.4 Å². The van der Waals surface area contributed by atoms with E-state index in [1.165, 1.54) is 20.2 Å². The predicted octanol–water partition coefficient (Wildman–Crippen LogP) is 3.10. The first kappa shape index (κ1) is 23.9. The summed E-state index contributed by atoms with van der Waals surface area (Å²) in [7, 11) is -2.73. The Morgan fingerprint density at radius 3 is 2.69 bits per heavy atom. The third-order valence-electron chi connectivity index (χ3n) is 4.51. The minimum Gasteiger partial charge on any atom is -0.468 e. The molecule has 3 rings (SSSR count). The number of carbonyl (C=O) groups excluding carboxylic acids is 2. The zero-order valence-electron chi connectivity index (χ0n) is 17.7. The number of methoxy groups -OCH3 is 1. The van der Waals surface area contributed by atoms with Crippen LogP contribution in [0.15, 0.2) is 54.9 Å². The molecule has 0 bridgehead atoms. The molecule has 32 heavy (non-hydrogen) atoms. The molecule has 1 aliphatic rings. The summed E-state index contributed by atoms with van der Waals surface area (Å²) >= 11 is 0. The molecular formula is C21H25N2O8P. The maximum atomic E-state index is 13.3. The lowest BCUT2D eigenvalue weighted by Crippen LogP contribution is -2.35. The van der Waals surface area contributed by atoms with Crippen LogP contribution in [0, 0.1) is 0 Å². The molecule has 0 radical (unpaired) electrons. The molecule has 2 aromatic rings. The third kappa shape index (κ3) is 6.86. The van der Waals surface area contributed by atoms with E-state index in [1.54, 1.807) is 48.7 Å². The second-order valence-electron chi connectivity index (χ2n) is 6.98. The van der Waals surface area contributed by atoms with Crippen LogP contribution < -0.4 is 9.61 Å². The smallest absolute Gasteiger partial charge is 0.459 e. The van der Waals surface area contributed by atoms with Crippen molar-refractivity contribution in [2.75, 3.05) is 13.7 Å². The maximum Gasteiger partial charge on any atom is 0.459 e. The number of aromatic nitrogens is 1. The summed E-state index contributed by atoms with van der Waals surface area (Å²) in [6.45, 7) is 1.38. The fourth-order valence-corrected chi connectivity index (χ4v) is 4.43. The number of hydrogen-bond acceptors (Lipinski definition) is 9. The standard InChI is InChI=1S/C21H25N2O8P/c1-15(20(24)27-2)23-32(26,31-17-8-4-3-5-9-17)28-14-18-10-11-19(29-18)30-21(25)16-7-6-12-22-13-16/h3-9,12-13,15,18-19H,10-11,14H2,1-2H3,(H,23,26)/t15-,18+,19?,32-/m1/s1. The van der Waals surface area contributed by atoms with Crippen LogP contribution in [-0.2, 0) is 28.1 Å². The van der Waals surface area contributed by atoms with Crippen molar-refractivity contribution in [2.24, 2.45) is 0 Å². The summed E-state index contributed by atoms with van der Waals surface area (Å²) in [5.74, 6) is -0.864. The lowest BCUT2D eigenvalue weighted by atomic mass is 10.2. The molecular weight excluding hydrogens is 439 g/mol. The number of esters is 2. The van der Waals surface area contributed by atoms with Crippen LogP contribution in [-0.4, -0.2) is 49.1 Å². The van der Waals surface area contributed by atoms with Crippen molar-refractivity contribution in [1.82, 2.24) is 10.1 Å². The molecule has 1 saturated heterocycles. The van der Waals surface area contributed by atoms with Crippen molar-refractivity contribution in [3.05, 3.63) is 60.4 Å². The van der Waals surface area contributed by atoms with Crippen LogP contribution in [0.2, 0.25) is 0 Å². The molecule has 1 aromatic carbocycles. The summed E-state index contributed by atoms with van der Waals surface area (Å²) in [5.41, 5.74) is 0.317. The molecule has 2 heterocycles. The molecule has 1 aliphatic heterocycles. The van der Waals surface area contributed by atoms with Crippen LogP contribution in [0.25, 0.3) is 0 Å². The number of pyridine rings is 1. The van der Waals surface area contributed by atoms with Gasteiger partial charge in [0.2, 0.25) is 6.29 Å². The van der Waals surface area contributed by atoms with Gasteiger partial charge in [-0.1, -0.05) is 18.2 Å². The van der Waals surface area contributed by atoms with Gasteiger partial charge < -0.3 is 18.7 Å². The Morgan fingerprint density at radius 2 is 2.00 bits per heavy atom. The molecule has 1 fully saturated rings. The van der Waals surface area contributed by atoms with Gasteiger partial charge in [0, 0.05) is 18.8 Å². The highest BCUT2D eigenvalue weighted by Gasteiger charge is 2.35. The minimum absolute atomic E-state index is 0.105. The van der Waals surface area contributed by atoms with Crippen LogP contribution in [0.4, 0.5) is 0 Å². The van der Waals surface area contributed by atoms with Gasteiger partial charge >= 0.3 is 19.7 Å². The average Bonchev–Trinajstić information content (AvgIpc) is 3.25. The molecule has 172 valence electrons. The molecule has 0 aliphatic carbocycles. The lowest BCUT2D eigenvalue weighted by Gasteiger charge is -2.23. The van der Waals surface area contributed by atoms with Gasteiger partial charge in [0.05, 0.1) is 25.4 Å².